The number of rotatable bonds is 7. The van der Waals surface area contributed by atoms with E-state index in [4.69, 9.17) is 9.72 Å². The number of hydrogen-bond acceptors (Lipinski definition) is 7. The highest BCUT2D eigenvalue weighted by atomic mass is 32.2. The maximum Gasteiger partial charge on any atom is 0.348 e. The number of esters is 1. The molecule has 1 N–H and O–H groups in total. The fourth-order valence-electron chi connectivity index (χ4n) is 3.06. The molecule has 0 saturated carbocycles. The number of hydrogen-bond donors (Lipinski definition) is 1. The molecule has 0 fully saturated rings. The van der Waals surface area contributed by atoms with Crippen molar-refractivity contribution in [3.05, 3.63) is 65.0 Å². The molecule has 0 atom stereocenters. The summed E-state index contributed by atoms with van der Waals surface area (Å²) < 4.78 is 6.27. The number of ether oxygens (including phenoxy) is 1. The summed E-state index contributed by atoms with van der Waals surface area (Å²) >= 11 is 4.25. The first-order chi connectivity index (χ1) is 15.1. The van der Waals surface area contributed by atoms with Gasteiger partial charge >= 0.3 is 5.97 Å². The van der Waals surface area contributed by atoms with Crippen molar-refractivity contribution in [2.45, 2.75) is 18.7 Å². The van der Waals surface area contributed by atoms with E-state index in [9.17, 15) is 9.59 Å². The normalized spacial score (nSPS) is 10.9. The number of carbonyl (C=O) groups is 2. The summed E-state index contributed by atoms with van der Waals surface area (Å²) in [7, 11) is 0. The van der Waals surface area contributed by atoms with Crippen LogP contribution in [0.2, 0.25) is 0 Å². The number of thiophene rings is 1. The molecule has 0 unspecified atom stereocenters. The minimum absolute atomic E-state index is 0.132. The van der Waals surface area contributed by atoms with Gasteiger partial charge in [-0.05, 0) is 43.7 Å². The lowest BCUT2D eigenvalue weighted by atomic mass is 10.1. The number of nitrogens with one attached hydrogen (secondary N) is 1. The number of thiazole rings is 1. The molecule has 0 aliphatic heterocycles. The molecular weight excluding hydrogens is 448 g/mol. The Labute approximate surface area is 192 Å². The molecule has 0 radical (unpaired) electrons. The first kappa shape index (κ1) is 21.5. The lowest BCUT2D eigenvalue weighted by Gasteiger charge is -2.06. The number of fused-ring (bicyclic) bond motifs is 1. The zero-order valence-electron chi connectivity index (χ0n) is 17.0. The molecule has 0 bridgehead atoms. The van der Waals surface area contributed by atoms with E-state index in [1.165, 1.54) is 23.1 Å². The molecular formula is C23H20N2O3S3. The van der Waals surface area contributed by atoms with Crippen LogP contribution in [-0.2, 0) is 9.53 Å². The molecule has 0 aliphatic rings. The Morgan fingerprint density at radius 1 is 1.06 bits per heavy atom. The summed E-state index contributed by atoms with van der Waals surface area (Å²) in [5.74, 6) is -0.242. The molecule has 4 rings (SSSR count). The molecule has 1 amide bonds. The van der Waals surface area contributed by atoms with Gasteiger partial charge in [0.1, 0.15) is 14.9 Å². The van der Waals surface area contributed by atoms with Crippen LogP contribution in [0.25, 0.3) is 20.8 Å². The van der Waals surface area contributed by atoms with Crippen LogP contribution in [0.1, 0.15) is 22.2 Å². The van der Waals surface area contributed by atoms with Crippen LogP contribution in [0, 0.1) is 6.92 Å². The van der Waals surface area contributed by atoms with E-state index in [0.717, 1.165) is 31.2 Å². The van der Waals surface area contributed by atoms with Gasteiger partial charge < -0.3 is 10.1 Å². The van der Waals surface area contributed by atoms with Gasteiger partial charge in [-0.25, -0.2) is 9.78 Å². The molecule has 8 heteroatoms. The van der Waals surface area contributed by atoms with Crippen molar-refractivity contribution in [1.82, 2.24) is 4.98 Å². The van der Waals surface area contributed by atoms with Crippen LogP contribution < -0.4 is 5.32 Å². The van der Waals surface area contributed by atoms with E-state index in [-0.39, 0.29) is 17.6 Å². The average Bonchev–Trinajstić information content (AvgIpc) is 3.33. The van der Waals surface area contributed by atoms with E-state index in [0.29, 0.717) is 16.5 Å². The summed E-state index contributed by atoms with van der Waals surface area (Å²) in [5.41, 5.74) is 2.45. The minimum Gasteiger partial charge on any atom is -0.462 e. The van der Waals surface area contributed by atoms with Gasteiger partial charge in [-0.2, -0.15) is 0 Å². The summed E-state index contributed by atoms with van der Waals surface area (Å²) in [6, 6.07) is 17.7. The van der Waals surface area contributed by atoms with Gasteiger partial charge in [-0.3, -0.25) is 4.79 Å². The van der Waals surface area contributed by atoms with Crippen LogP contribution in [0.4, 0.5) is 5.00 Å². The maximum absolute atomic E-state index is 12.7. The fourth-order valence-corrected chi connectivity index (χ4v) is 6.03. The average molecular weight is 469 g/mol. The van der Waals surface area contributed by atoms with Crippen molar-refractivity contribution >= 4 is 61.5 Å². The second kappa shape index (κ2) is 9.64. The topological polar surface area (TPSA) is 68.3 Å². The molecule has 158 valence electrons. The van der Waals surface area contributed by atoms with E-state index < -0.39 is 0 Å². The molecule has 31 heavy (non-hydrogen) atoms. The van der Waals surface area contributed by atoms with E-state index in [1.807, 2.05) is 61.5 Å². The summed E-state index contributed by atoms with van der Waals surface area (Å²) in [5, 5.41) is 4.40. The summed E-state index contributed by atoms with van der Waals surface area (Å²) in [4.78, 5) is 31.4. The summed E-state index contributed by atoms with van der Waals surface area (Å²) in [6.07, 6.45) is 0. The second-order valence-corrected chi connectivity index (χ2v) is 9.72. The van der Waals surface area contributed by atoms with Crippen molar-refractivity contribution in [1.29, 1.82) is 0 Å². The van der Waals surface area contributed by atoms with Gasteiger partial charge in [0.15, 0.2) is 0 Å². The highest BCUT2D eigenvalue weighted by molar-refractivity contribution is 8.00. The number of amides is 1. The molecule has 5 nitrogen and oxygen atoms in total. The SMILES string of the molecule is CCOC(=O)c1sc(NC(=O)CSc2ccccc2)c(-c2nc3ccccc3s2)c1C. The van der Waals surface area contributed by atoms with Crippen LogP contribution in [0.15, 0.2) is 59.5 Å². The predicted molar refractivity (Wildman–Crippen MR) is 129 cm³/mol. The fraction of sp³-hybridized carbons (Fsp3) is 0.174. The number of carbonyl (C=O) groups excluding carboxylic acids is 2. The van der Waals surface area contributed by atoms with Gasteiger partial charge in [0.05, 0.1) is 22.6 Å². The summed E-state index contributed by atoms with van der Waals surface area (Å²) in [6.45, 7) is 3.94. The third-order valence-corrected chi connectivity index (χ3v) is 7.73. The second-order valence-electron chi connectivity index (χ2n) is 6.62. The number of aromatic nitrogens is 1. The Hall–Kier alpha value is -2.68. The Morgan fingerprint density at radius 2 is 1.81 bits per heavy atom. The van der Waals surface area contributed by atoms with Gasteiger partial charge in [0.25, 0.3) is 0 Å². The van der Waals surface area contributed by atoms with E-state index in [1.54, 1.807) is 18.3 Å². The molecule has 0 aliphatic carbocycles. The molecule has 2 heterocycles. The third kappa shape index (κ3) is 4.81. The van der Waals surface area contributed by atoms with Crippen LogP contribution >= 0.6 is 34.4 Å². The number of nitrogens with zero attached hydrogens (tertiary/aromatic N) is 1. The molecule has 0 spiro atoms. The molecule has 2 aromatic carbocycles. The van der Waals surface area contributed by atoms with Crippen molar-refractivity contribution in [3.63, 3.8) is 0 Å². The Balaban J connectivity index is 1.65. The largest absolute Gasteiger partial charge is 0.462 e. The van der Waals surface area contributed by atoms with Gasteiger partial charge in [0.2, 0.25) is 5.91 Å². The lowest BCUT2D eigenvalue weighted by Crippen LogP contribution is -2.13. The maximum atomic E-state index is 12.7. The predicted octanol–water partition coefficient (Wildman–Crippen LogP) is 6.24. The number of benzene rings is 2. The Kier molecular flexibility index (Phi) is 6.70. The monoisotopic (exact) mass is 468 g/mol. The van der Waals surface area contributed by atoms with Gasteiger partial charge in [0, 0.05) is 10.5 Å². The molecule has 2 aromatic heterocycles. The quantitative estimate of drug-likeness (QED) is 0.257. The molecule has 0 saturated heterocycles. The number of thioether (sulfide) groups is 1. The number of anilines is 1. The smallest absolute Gasteiger partial charge is 0.348 e. The van der Waals surface area contributed by atoms with Crippen LogP contribution in [0.5, 0.6) is 0 Å². The Morgan fingerprint density at radius 3 is 2.55 bits per heavy atom. The molecule has 4 aromatic rings. The van der Waals surface area contributed by atoms with Crippen molar-refractivity contribution in [2.24, 2.45) is 0 Å². The van der Waals surface area contributed by atoms with E-state index in [2.05, 4.69) is 5.32 Å². The van der Waals surface area contributed by atoms with Crippen LogP contribution in [-0.4, -0.2) is 29.2 Å². The van der Waals surface area contributed by atoms with Crippen molar-refractivity contribution in [2.75, 3.05) is 17.7 Å². The van der Waals surface area contributed by atoms with Crippen molar-refractivity contribution in [3.8, 4) is 10.6 Å². The minimum atomic E-state index is -0.383. The highest BCUT2D eigenvalue weighted by Crippen LogP contribution is 2.43. The zero-order chi connectivity index (χ0) is 21.8. The van der Waals surface area contributed by atoms with E-state index >= 15 is 0 Å². The third-order valence-electron chi connectivity index (χ3n) is 4.48. The lowest BCUT2D eigenvalue weighted by molar-refractivity contribution is -0.113. The first-order valence-electron chi connectivity index (χ1n) is 9.71. The van der Waals surface area contributed by atoms with Crippen LogP contribution in [0.3, 0.4) is 0 Å². The standard InChI is InChI=1S/C23H20N2O3S3/c1-3-28-23(27)20-14(2)19(21-24-16-11-7-8-12-17(16)30-21)22(31-20)25-18(26)13-29-15-9-5-4-6-10-15/h4-12H,3,13H2,1-2H3,(H,25,26). The van der Waals surface area contributed by atoms with Crippen molar-refractivity contribution < 1.29 is 14.3 Å². The zero-order valence-corrected chi connectivity index (χ0v) is 19.5. The number of para-hydroxylation sites is 1. The van der Waals surface area contributed by atoms with Gasteiger partial charge in [-0.1, -0.05) is 30.3 Å². The Bertz CT molecular complexity index is 1200. The highest BCUT2D eigenvalue weighted by Gasteiger charge is 2.25. The first-order valence-corrected chi connectivity index (χ1v) is 12.3. The van der Waals surface area contributed by atoms with Gasteiger partial charge in [-0.15, -0.1) is 34.4 Å².